The number of ketones is 1. The number of benzene rings is 1. The lowest BCUT2D eigenvalue weighted by atomic mass is 10.1. The van der Waals surface area contributed by atoms with Crippen LogP contribution >= 0.6 is 0 Å². The normalized spacial score (nSPS) is 12.5. The highest BCUT2D eigenvalue weighted by Crippen LogP contribution is 2.22. The number of hydrogen-bond donors (Lipinski definition) is 1. The van der Waals surface area contributed by atoms with Crippen molar-refractivity contribution in [2.24, 2.45) is 5.92 Å². The third-order valence-corrected chi connectivity index (χ3v) is 4.02. The maximum absolute atomic E-state index is 12.5. The van der Waals surface area contributed by atoms with Crippen LogP contribution in [0.25, 0.3) is 0 Å². The molecule has 2 aromatic rings. The average molecular weight is 409 g/mol. The largest absolute Gasteiger partial charge is 0.484 e. The first-order chi connectivity index (χ1) is 13.5. The lowest BCUT2D eigenvalue weighted by Crippen LogP contribution is -2.28. The molecule has 0 spiro atoms. The van der Waals surface area contributed by atoms with Crippen molar-refractivity contribution in [3.63, 3.8) is 0 Å². The van der Waals surface area contributed by atoms with Crippen LogP contribution < -0.4 is 10.1 Å². The first kappa shape index (κ1) is 22.3. The van der Waals surface area contributed by atoms with Gasteiger partial charge >= 0.3 is 6.18 Å². The quantitative estimate of drug-likeness (QED) is 0.719. The summed E-state index contributed by atoms with van der Waals surface area (Å²) in [7, 11) is 0. The number of Topliss-reactive ketones (excluding diaryl/α,β-unsaturated/α-hetero) is 1. The summed E-state index contributed by atoms with van der Waals surface area (Å²) in [5, 5.41) is 2.72. The Morgan fingerprint density at radius 2 is 1.90 bits per heavy atom. The molecule has 29 heavy (non-hydrogen) atoms. The molecule has 0 saturated heterocycles. The number of rotatable bonds is 8. The Morgan fingerprint density at radius 1 is 1.17 bits per heavy atom. The first-order valence-corrected chi connectivity index (χ1v) is 9.00. The molecule has 1 heterocycles. The van der Waals surface area contributed by atoms with Crippen LogP contribution in [0.2, 0.25) is 0 Å². The van der Waals surface area contributed by atoms with Crippen LogP contribution in [0.3, 0.4) is 0 Å². The Bertz CT molecular complexity index is 869. The molecule has 1 N–H and O–H groups in total. The molecule has 0 bridgehead atoms. The smallest absolute Gasteiger partial charge is 0.422 e. The van der Waals surface area contributed by atoms with Crippen molar-refractivity contribution in [1.29, 1.82) is 0 Å². The Balaban J connectivity index is 2.04. The third-order valence-electron chi connectivity index (χ3n) is 4.02. The van der Waals surface area contributed by atoms with Crippen molar-refractivity contribution in [2.45, 2.75) is 39.4 Å². The average Bonchev–Trinajstić information content (AvgIpc) is 2.66. The number of aromatic nitrogens is 2. The molecule has 0 aliphatic rings. The molecule has 0 fully saturated rings. The monoisotopic (exact) mass is 409 g/mol. The molecule has 1 amide bonds. The maximum atomic E-state index is 12.5. The van der Waals surface area contributed by atoms with E-state index in [1.165, 1.54) is 24.4 Å². The zero-order valence-electron chi connectivity index (χ0n) is 16.3. The molecule has 0 saturated carbocycles. The van der Waals surface area contributed by atoms with Crippen LogP contribution in [0, 0.1) is 5.92 Å². The number of alkyl halides is 3. The Morgan fingerprint density at radius 3 is 2.55 bits per heavy atom. The number of carbonyl (C=O) groups excluding carboxylic acids is 2. The summed E-state index contributed by atoms with van der Waals surface area (Å²) in [6.07, 6.45) is -2.99. The molecule has 6 nitrogen and oxygen atoms in total. The second-order valence-electron chi connectivity index (χ2n) is 6.83. The molecule has 156 valence electrons. The van der Waals surface area contributed by atoms with Crippen molar-refractivity contribution < 1.29 is 27.5 Å². The number of ether oxygens (including phenoxy) is 1. The zero-order valence-corrected chi connectivity index (χ0v) is 16.3. The van der Waals surface area contributed by atoms with Gasteiger partial charge in [0.2, 0.25) is 0 Å². The maximum Gasteiger partial charge on any atom is 0.422 e. The van der Waals surface area contributed by atoms with Gasteiger partial charge < -0.3 is 10.1 Å². The number of carbonyl (C=O) groups is 2. The van der Waals surface area contributed by atoms with Gasteiger partial charge in [-0.1, -0.05) is 26.0 Å². The van der Waals surface area contributed by atoms with E-state index < -0.39 is 24.7 Å². The van der Waals surface area contributed by atoms with Crippen LogP contribution in [-0.2, 0) is 11.2 Å². The minimum Gasteiger partial charge on any atom is -0.484 e. The summed E-state index contributed by atoms with van der Waals surface area (Å²) >= 11 is 0. The standard InChI is InChI=1S/C20H22F3N3O3/c1-12(2)17(27)10-18-24-8-7-16(26-18)19(28)25-13(3)14-5-4-6-15(9-14)29-11-20(21,22)23/h4-9,12-13H,10-11H2,1-3H3,(H,25,28). The number of halogens is 3. The van der Waals surface area contributed by atoms with E-state index in [9.17, 15) is 22.8 Å². The highest BCUT2D eigenvalue weighted by molar-refractivity contribution is 5.92. The third kappa shape index (κ3) is 7.17. The van der Waals surface area contributed by atoms with E-state index >= 15 is 0 Å². The minimum atomic E-state index is -4.43. The predicted octanol–water partition coefficient (Wildman–Crippen LogP) is 3.68. The van der Waals surface area contributed by atoms with Gasteiger partial charge in [0.1, 0.15) is 23.1 Å². The van der Waals surface area contributed by atoms with Crippen LogP contribution in [0.5, 0.6) is 5.75 Å². The molecule has 0 radical (unpaired) electrons. The number of nitrogens with zero attached hydrogens (tertiary/aromatic N) is 2. The van der Waals surface area contributed by atoms with Gasteiger partial charge in [0, 0.05) is 12.1 Å². The molecule has 9 heteroatoms. The van der Waals surface area contributed by atoms with E-state index in [0.717, 1.165) is 0 Å². The number of nitrogens with one attached hydrogen (secondary N) is 1. The Hall–Kier alpha value is -2.97. The fourth-order valence-corrected chi connectivity index (χ4v) is 2.36. The molecule has 1 aromatic carbocycles. The van der Waals surface area contributed by atoms with Gasteiger partial charge in [-0.25, -0.2) is 9.97 Å². The highest BCUT2D eigenvalue weighted by atomic mass is 19.4. The van der Waals surface area contributed by atoms with Gasteiger partial charge in [-0.15, -0.1) is 0 Å². The van der Waals surface area contributed by atoms with E-state index in [0.29, 0.717) is 5.56 Å². The molecular formula is C20H22F3N3O3. The van der Waals surface area contributed by atoms with Gasteiger partial charge in [0.05, 0.1) is 12.5 Å². The molecule has 1 aromatic heterocycles. The Labute approximate surface area is 166 Å². The van der Waals surface area contributed by atoms with Crippen molar-refractivity contribution in [1.82, 2.24) is 15.3 Å². The molecule has 0 aliphatic carbocycles. The van der Waals surface area contributed by atoms with Crippen LogP contribution in [0.15, 0.2) is 36.5 Å². The zero-order chi connectivity index (χ0) is 21.6. The summed E-state index contributed by atoms with van der Waals surface area (Å²) in [5.41, 5.74) is 0.671. The first-order valence-electron chi connectivity index (χ1n) is 9.00. The van der Waals surface area contributed by atoms with Crippen LogP contribution in [-0.4, -0.2) is 34.4 Å². The van der Waals surface area contributed by atoms with Gasteiger partial charge in [-0.05, 0) is 30.7 Å². The van der Waals surface area contributed by atoms with Gasteiger partial charge in [-0.3, -0.25) is 9.59 Å². The van der Waals surface area contributed by atoms with E-state index in [1.54, 1.807) is 32.9 Å². The van der Waals surface area contributed by atoms with Gasteiger partial charge in [0.25, 0.3) is 5.91 Å². The van der Waals surface area contributed by atoms with Crippen molar-refractivity contribution in [3.8, 4) is 5.75 Å². The minimum absolute atomic E-state index is 0.0347. The van der Waals surface area contributed by atoms with E-state index in [1.807, 2.05) is 0 Å². The molecular weight excluding hydrogens is 387 g/mol. The summed E-state index contributed by atoms with van der Waals surface area (Å²) in [4.78, 5) is 32.5. The fraction of sp³-hybridized carbons (Fsp3) is 0.400. The van der Waals surface area contributed by atoms with Crippen molar-refractivity contribution >= 4 is 11.7 Å². The van der Waals surface area contributed by atoms with Crippen LogP contribution in [0.4, 0.5) is 13.2 Å². The van der Waals surface area contributed by atoms with Crippen LogP contribution in [0.1, 0.15) is 48.7 Å². The highest BCUT2D eigenvalue weighted by Gasteiger charge is 2.28. The van der Waals surface area contributed by atoms with Gasteiger partial charge in [0.15, 0.2) is 6.61 Å². The Kier molecular flexibility index (Phi) is 7.30. The topological polar surface area (TPSA) is 81.2 Å². The molecule has 2 rings (SSSR count). The second-order valence-corrected chi connectivity index (χ2v) is 6.83. The van der Waals surface area contributed by atoms with Gasteiger partial charge in [-0.2, -0.15) is 13.2 Å². The predicted molar refractivity (Wildman–Crippen MR) is 99.5 cm³/mol. The van der Waals surface area contributed by atoms with E-state index in [2.05, 4.69) is 15.3 Å². The van der Waals surface area contributed by atoms with E-state index in [4.69, 9.17) is 4.74 Å². The number of amides is 1. The molecule has 0 aliphatic heterocycles. The lowest BCUT2D eigenvalue weighted by molar-refractivity contribution is -0.153. The summed E-state index contributed by atoms with van der Waals surface area (Å²) < 4.78 is 41.6. The lowest BCUT2D eigenvalue weighted by Gasteiger charge is -2.16. The molecule has 1 atom stereocenters. The summed E-state index contributed by atoms with van der Waals surface area (Å²) in [5.74, 6) is -0.377. The fourth-order valence-electron chi connectivity index (χ4n) is 2.36. The van der Waals surface area contributed by atoms with E-state index in [-0.39, 0.29) is 35.4 Å². The number of hydrogen-bond acceptors (Lipinski definition) is 5. The summed E-state index contributed by atoms with van der Waals surface area (Å²) in [6, 6.07) is 6.97. The second kappa shape index (κ2) is 9.49. The van der Waals surface area contributed by atoms with Crippen molar-refractivity contribution in [2.75, 3.05) is 6.61 Å². The molecule has 1 unspecified atom stereocenters. The SMILES string of the molecule is CC(C)C(=O)Cc1nccc(C(=O)NC(C)c2cccc(OCC(F)(F)F)c2)n1. The summed E-state index contributed by atoms with van der Waals surface area (Å²) in [6.45, 7) is 3.83. The van der Waals surface area contributed by atoms with Crippen molar-refractivity contribution in [3.05, 3.63) is 53.6 Å².